The van der Waals surface area contributed by atoms with Gasteiger partial charge in [-0.15, -0.1) is 0 Å². The Labute approximate surface area is 189 Å². The highest BCUT2D eigenvalue weighted by Gasteiger charge is 2.34. The first-order valence-corrected chi connectivity index (χ1v) is 11.3. The molecule has 4 rings (SSSR count). The maximum Gasteiger partial charge on any atom is 0.410 e. The van der Waals surface area contributed by atoms with Crippen LogP contribution in [0, 0.1) is 6.92 Å². The summed E-state index contributed by atoms with van der Waals surface area (Å²) in [5.41, 5.74) is 3.40. The number of fused-ring (bicyclic) bond motifs is 1. The molecule has 0 radical (unpaired) electrons. The fourth-order valence-corrected chi connectivity index (χ4v) is 4.33. The summed E-state index contributed by atoms with van der Waals surface area (Å²) < 4.78 is 11.7. The number of rotatable bonds is 4. The molecule has 1 unspecified atom stereocenters. The van der Waals surface area contributed by atoms with Crippen LogP contribution >= 0.6 is 0 Å². The van der Waals surface area contributed by atoms with Gasteiger partial charge in [-0.05, 0) is 64.7 Å². The number of amides is 1. The number of ether oxygens (including phenoxy) is 2. The van der Waals surface area contributed by atoms with E-state index in [1.165, 1.54) is 0 Å². The lowest BCUT2D eigenvalue weighted by Crippen LogP contribution is -2.42. The van der Waals surface area contributed by atoms with Crippen molar-refractivity contribution in [2.45, 2.75) is 65.0 Å². The number of benzene rings is 1. The minimum absolute atomic E-state index is 0.0847. The average Bonchev–Trinajstić information content (AvgIpc) is 3.20. The van der Waals surface area contributed by atoms with Gasteiger partial charge in [0.2, 0.25) is 5.95 Å². The quantitative estimate of drug-likeness (QED) is 0.695. The number of likely N-dealkylation sites (tertiary alicyclic amines) is 1. The molecular formula is C24H33N5O3. The second-order valence-electron chi connectivity index (χ2n) is 9.43. The predicted octanol–water partition coefficient (Wildman–Crippen LogP) is 4.97. The van der Waals surface area contributed by atoms with Gasteiger partial charge in [-0.25, -0.2) is 9.78 Å². The third-order valence-electron chi connectivity index (χ3n) is 5.67. The third-order valence-corrected chi connectivity index (χ3v) is 5.67. The van der Waals surface area contributed by atoms with Crippen molar-refractivity contribution < 1.29 is 14.3 Å². The average molecular weight is 440 g/mol. The van der Waals surface area contributed by atoms with E-state index in [2.05, 4.69) is 32.7 Å². The fourth-order valence-electron chi connectivity index (χ4n) is 4.33. The standard InChI is InChI=1S/C24H33N5O3/c1-15-12-20(25-5)28-22(26-15)27-17-13-16-9-11-31-21(16)18(14-17)19-8-6-7-10-29(19)23(30)32-24(2,3)4/h12-14,19H,6-11H2,1-5H3,(H2,25,26,27,28). The molecule has 1 aromatic carbocycles. The SMILES string of the molecule is CNc1cc(C)nc(Nc2cc3c(c(C4CCCCN4C(=O)OC(C)(C)C)c2)OCC3)n1. The Morgan fingerprint density at radius 2 is 2.03 bits per heavy atom. The van der Waals surface area contributed by atoms with Crippen LogP contribution in [0.4, 0.5) is 22.2 Å². The number of carbonyl (C=O) groups is 1. The molecule has 8 heteroatoms. The normalized spacial score (nSPS) is 18.0. The number of nitrogens with zero attached hydrogens (tertiary/aromatic N) is 3. The Hall–Kier alpha value is -3.03. The number of carbonyl (C=O) groups excluding carboxylic acids is 1. The summed E-state index contributed by atoms with van der Waals surface area (Å²) in [7, 11) is 1.84. The van der Waals surface area contributed by atoms with Gasteiger partial charge in [0, 0.05) is 43.0 Å². The molecule has 1 saturated heterocycles. The molecule has 2 aliphatic heterocycles. The van der Waals surface area contributed by atoms with E-state index in [-0.39, 0.29) is 12.1 Å². The van der Waals surface area contributed by atoms with Crippen molar-refractivity contribution in [3.8, 4) is 5.75 Å². The lowest BCUT2D eigenvalue weighted by Gasteiger charge is -2.37. The van der Waals surface area contributed by atoms with Crippen molar-refractivity contribution in [1.82, 2.24) is 14.9 Å². The highest BCUT2D eigenvalue weighted by molar-refractivity contribution is 5.70. The minimum Gasteiger partial charge on any atom is -0.493 e. The third kappa shape index (κ3) is 4.89. The first-order chi connectivity index (χ1) is 15.2. The number of hydrogen-bond acceptors (Lipinski definition) is 7. The second kappa shape index (κ2) is 8.84. The number of aryl methyl sites for hydroxylation is 1. The van der Waals surface area contributed by atoms with Crippen molar-refractivity contribution in [2.75, 3.05) is 30.8 Å². The topological polar surface area (TPSA) is 88.6 Å². The van der Waals surface area contributed by atoms with Crippen LogP contribution in [0.1, 0.15) is 62.9 Å². The summed E-state index contributed by atoms with van der Waals surface area (Å²) >= 11 is 0. The molecule has 2 aliphatic rings. The van der Waals surface area contributed by atoms with E-state index in [9.17, 15) is 4.79 Å². The van der Waals surface area contributed by atoms with Crippen molar-refractivity contribution >= 4 is 23.5 Å². The smallest absolute Gasteiger partial charge is 0.410 e. The van der Waals surface area contributed by atoms with Gasteiger partial charge in [-0.1, -0.05) is 0 Å². The van der Waals surface area contributed by atoms with Crippen molar-refractivity contribution in [2.24, 2.45) is 0 Å². The van der Waals surface area contributed by atoms with Crippen molar-refractivity contribution in [1.29, 1.82) is 0 Å². The van der Waals surface area contributed by atoms with Gasteiger partial charge in [-0.3, -0.25) is 0 Å². The van der Waals surface area contributed by atoms with E-state index in [4.69, 9.17) is 9.47 Å². The number of aromatic nitrogens is 2. The Balaban J connectivity index is 1.68. The molecule has 1 atom stereocenters. The Bertz CT molecular complexity index is 1000. The van der Waals surface area contributed by atoms with Crippen LogP contribution in [0.3, 0.4) is 0 Å². The largest absolute Gasteiger partial charge is 0.493 e. The van der Waals surface area contributed by atoms with Gasteiger partial charge < -0.3 is 25.0 Å². The summed E-state index contributed by atoms with van der Waals surface area (Å²) in [5.74, 6) is 2.19. The van der Waals surface area contributed by atoms with Gasteiger partial charge >= 0.3 is 6.09 Å². The Morgan fingerprint density at radius 1 is 1.22 bits per heavy atom. The maximum absolute atomic E-state index is 13.0. The minimum atomic E-state index is -0.533. The van der Waals surface area contributed by atoms with E-state index in [0.29, 0.717) is 19.1 Å². The van der Waals surface area contributed by atoms with Crippen LogP contribution in [-0.4, -0.2) is 46.8 Å². The van der Waals surface area contributed by atoms with E-state index >= 15 is 0 Å². The zero-order valence-corrected chi connectivity index (χ0v) is 19.6. The molecule has 172 valence electrons. The van der Waals surface area contributed by atoms with Crippen LogP contribution in [0.2, 0.25) is 0 Å². The molecule has 0 saturated carbocycles. The highest BCUT2D eigenvalue weighted by Crippen LogP contribution is 2.42. The molecule has 1 fully saturated rings. The number of nitrogens with one attached hydrogen (secondary N) is 2. The van der Waals surface area contributed by atoms with E-state index in [1.807, 2.05) is 45.7 Å². The zero-order valence-electron chi connectivity index (χ0n) is 19.6. The second-order valence-corrected chi connectivity index (χ2v) is 9.43. The number of hydrogen-bond donors (Lipinski definition) is 2. The fraction of sp³-hybridized carbons (Fsp3) is 0.542. The maximum atomic E-state index is 13.0. The van der Waals surface area contributed by atoms with Crippen LogP contribution in [0.15, 0.2) is 18.2 Å². The molecule has 32 heavy (non-hydrogen) atoms. The Kier molecular flexibility index (Phi) is 6.13. The lowest BCUT2D eigenvalue weighted by atomic mass is 9.92. The summed E-state index contributed by atoms with van der Waals surface area (Å²) in [6, 6.07) is 5.98. The lowest BCUT2D eigenvalue weighted by molar-refractivity contribution is 0.00928. The van der Waals surface area contributed by atoms with Gasteiger partial charge in [0.25, 0.3) is 0 Å². The molecule has 2 N–H and O–H groups in total. The number of piperidine rings is 1. The van der Waals surface area contributed by atoms with Gasteiger partial charge in [0.1, 0.15) is 17.2 Å². The number of anilines is 3. The predicted molar refractivity (Wildman–Crippen MR) is 125 cm³/mol. The Morgan fingerprint density at radius 3 is 2.78 bits per heavy atom. The molecule has 0 spiro atoms. The van der Waals surface area contributed by atoms with Crippen LogP contribution < -0.4 is 15.4 Å². The molecular weight excluding hydrogens is 406 g/mol. The molecule has 1 aromatic heterocycles. The van der Waals surface area contributed by atoms with E-state index in [1.54, 1.807) is 0 Å². The van der Waals surface area contributed by atoms with Crippen molar-refractivity contribution in [3.63, 3.8) is 0 Å². The van der Waals surface area contributed by atoms with Gasteiger partial charge in [0.05, 0.1) is 12.6 Å². The van der Waals surface area contributed by atoms with Crippen molar-refractivity contribution in [3.05, 3.63) is 35.0 Å². The summed E-state index contributed by atoms with van der Waals surface area (Å²) in [4.78, 5) is 23.9. The molecule has 3 heterocycles. The molecule has 0 bridgehead atoms. The van der Waals surface area contributed by atoms with Gasteiger partial charge in [-0.2, -0.15) is 4.98 Å². The molecule has 2 aromatic rings. The zero-order chi connectivity index (χ0) is 22.9. The monoisotopic (exact) mass is 439 g/mol. The summed E-state index contributed by atoms with van der Waals surface area (Å²) in [5, 5.41) is 6.42. The molecule has 0 aliphatic carbocycles. The summed E-state index contributed by atoms with van der Waals surface area (Å²) in [6.07, 6.45) is 3.48. The van der Waals surface area contributed by atoms with E-state index < -0.39 is 5.60 Å². The summed E-state index contributed by atoms with van der Waals surface area (Å²) in [6.45, 7) is 8.97. The van der Waals surface area contributed by atoms with Crippen LogP contribution in [-0.2, 0) is 11.2 Å². The molecule has 8 nitrogen and oxygen atoms in total. The van der Waals surface area contributed by atoms with Crippen LogP contribution in [0.5, 0.6) is 5.75 Å². The first-order valence-electron chi connectivity index (χ1n) is 11.3. The molecule has 1 amide bonds. The van der Waals surface area contributed by atoms with Crippen LogP contribution in [0.25, 0.3) is 0 Å². The highest BCUT2D eigenvalue weighted by atomic mass is 16.6. The first kappa shape index (κ1) is 22.2. The van der Waals surface area contributed by atoms with E-state index in [0.717, 1.165) is 59.8 Å². The van der Waals surface area contributed by atoms with Gasteiger partial charge in [0.15, 0.2) is 0 Å².